The highest BCUT2D eigenvalue weighted by Crippen LogP contribution is 2.29. The molecule has 0 saturated carbocycles. The molecule has 2 nitrogen and oxygen atoms in total. The summed E-state index contributed by atoms with van der Waals surface area (Å²) in [4.78, 5) is 12.0. The maximum Gasteiger partial charge on any atom is 0.192 e. The lowest BCUT2D eigenvalue weighted by atomic mass is 10.0. The van der Waals surface area contributed by atoms with Crippen molar-refractivity contribution in [1.82, 2.24) is 0 Å². The van der Waals surface area contributed by atoms with Crippen LogP contribution in [0, 0.1) is 17.5 Å². The van der Waals surface area contributed by atoms with Gasteiger partial charge in [-0.2, -0.15) is 0 Å². The zero-order valence-electron chi connectivity index (χ0n) is 12.3. The van der Waals surface area contributed by atoms with Gasteiger partial charge in [-0.05, 0) is 49.7 Å². The molecule has 0 saturated heterocycles. The molecule has 0 N–H and O–H groups in total. The minimum atomic E-state index is -0.969. The van der Waals surface area contributed by atoms with Crippen molar-refractivity contribution in [1.29, 1.82) is 0 Å². The third-order valence-electron chi connectivity index (χ3n) is 3.27. The number of hydrogen-bond donors (Lipinski definition) is 0. The van der Waals surface area contributed by atoms with Crippen molar-refractivity contribution < 1.29 is 22.7 Å². The lowest BCUT2D eigenvalue weighted by Gasteiger charge is -2.16. The van der Waals surface area contributed by atoms with Gasteiger partial charge in [0.2, 0.25) is 0 Å². The van der Waals surface area contributed by atoms with E-state index in [0.717, 1.165) is 12.1 Å². The lowest BCUT2D eigenvalue weighted by Crippen LogP contribution is -2.15. The molecule has 0 radical (unpaired) electrons. The van der Waals surface area contributed by atoms with E-state index in [0.29, 0.717) is 5.56 Å². The first kappa shape index (κ1) is 17.3. The van der Waals surface area contributed by atoms with Crippen molar-refractivity contribution in [3.8, 4) is 5.75 Å². The van der Waals surface area contributed by atoms with Crippen LogP contribution < -0.4 is 4.74 Å². The van der Waals surface area contributed by atoms with Gasteiger partial charge in [-0.25, -0.2) is 13.2 Å². The monoisotopic (exact) mass is 342 g/mol. The van der Waals surface area contributed by atoms with Crippen LogP contribution in [0.3, 0.4) is 0 Å². The third-order valence-corrected chi connectivity index (χ3v) is 3.56. The van der Waals surface area contributed by atoms with Gasteiger partial charge >= 0.3 is 0 Å². The molecule has 122 valence electrons. The Kier molecular flexibility index (Phi) is 5.66. The maximum absolute atomic E-state index is 13.7. The van der Waals surface area contributed by atoms with E-state index in [1.807, 2.05) is 0 Å². The van der Waals surface area contributed by atoms with E-state index in [1.165, 1.54) is 24.3 Å². The second-order valence-electron chi connectivity index (χ2n) is 5.07. The zero-order valence-corrected chi connectivity index (χ0v) is 13.0. The lowest BCUT2D eigenvalue weighted by molar-refractivity contribution is 0.0955. The molecule has 23 heavy (non-hydrogen) atoms. The van der Waals surface area contributed by atoms with E-state index in [1.54, 1.807) is 6.92 Å². The first-order chi connectivity index (χ1) is 10.9. The summed E-state index contributed by atoms with van der Waals surface area (Å²) in [6.07, 6.45) is -0.236. The Morgan fingerprint density at radius 2 is 1.78 bits per heavy atom. The number of hydrogen-bond acceptors (Lipinski definition) is 2. The maximum atomic E-state index is 13.7. The molecule has 2 aromatic rings. The molecule has 2 rings (SSSR count). The normalized spacial score (nSPS) is 12.0. The molecule has 0 amide bonds. The molecule has 0 fully saturated rings. The first-order valence-corrected chi connectivity index (χ1v) is 7.35. The number of Topliss-reactive ketones (excluding diaryl/α,β-unsaturated/α-hetero) is 1. The second-order valence-corrected chi connectivity index (χ2v) is 5.48. The molecule has 0 bridgehead atoms. The number of benzene rings is 2. The number of carbonyl (C=O) groups excluding carboxylic acids is 1. The summed E-state index contributed by atoms with van der Waals surface area (Å²) in [6, 6.07) is 7.28. The van der Waals surface area contributed by atoms with Crippen LogP contribution in [0.1, 0.15) is 30.1 Å². The van der Waals surface area contributed by atoms with Gasteiger partial charge in [-0.3, -0.25) is 4.79 Å². The average Bonchev–Trinajstić information content (AvgIpc) is 2.53. The smallest absolute Gasteiger partial charge is 0.192 e. The van der Waals surface area contributed by atoms with E-state index in [-0.39, 0.29) is 23.6 Å². The molecule has 0 aliphatic carbocycles. The van der Waals surface area contributed by atoms with Crippen molar-refractivity contribution in [2.24, 2.45) is 0 Å². The van der Waals surface area contributed by atoms with Crippen molar-refractivity contribution in [3.63, 3.8) is 0 Å². The summed E-state index contributed by atoms with van der Waals surface area (Å²) in [6.45, 7) is 1.59. The fraction of sp³-hybridized carbons (Fsp3) is 0.235. The third kappa shape index (κ3) is 4.48. The van der Waals surface area contributed by atoms with Gasteiger partial charge in [0.15, 0.2) is 23.2 Å². The molecule has 1 atom stereocenters. The van der Waals surface area contributed by atoms with Crippen molar-refractivity contribution in [2.75, 3.05) is 0 Å². The Labute approximate surface area is 136 Å². The minimum Gasteiger partial charge on any atom is -0.485 e. The highest BCUT2D eigenvalue weighted by Gasteiger charge is 2.17. The van der Waals surface area contributed by atoms with Crippen LogP contribution in [0.5, 0.6) is 5.75 Å². The standard InChI is InChI=1S/C17H14ClF3O2/c1-10(23-17-14(20)8-7-13(18)16(17)21)2-9-15(22)11-3-5-12(19)6-4-11/h3-8,10H,2,9H2,1H3. The number of ketones is 1. The number of carbonyl (C=O) groups is 1. The van der Waals surface area contributed by atoms with Crippen molar-refractivity contribution in [3.05, 3.63) is 64.4 Å². The van der Waals surface area contributed by atoms with Crippen LogP contribution in [0.4, 0.5) is 13.2 Å². The molecule has 6 heteroatoms. The Morgan fingerprint density at radius 1 is 1.13 bits per heavy atom. The molecule has 0 heterocycles. The van der Waals surface area contributed by atoms with Gasteiger partial charge < -0.3 is 4.74 Å². The molecule has 1 unspecified atom stereocenters. The van der Waals surface area contributed by atoms with Crippen LogP contribution in [0.15, 0.2) is 36.4 Å². The van der Waals surface area contributed by atoms with Crippen LogP contribution in [-0.2, 0) is 0 Å². The van der Waals surface area contributed by atoms with Crippen LogP contribution >= 0.6 is 11.6 Å². The molecular weight excluding hydrogens is 329 g/mol. The minimum absolute atomic E-state index is 0.108. The SMILES string of the molecule is CC(CCC(=O)c1ccc(F)cc1)Oc1c(F)ccc(Cl)c1F. The van der Waals surface area contributed by atoms with Gasteiger partial charge in [0, 0.05) is 12.0 Å². The summed E-state index contributed by atoms with van der Waals surface area (Å²) < 4.78 is 45.3. The molecular formula is C17H14ClF3O2. The Balaban J connectivity index is 1.95. The second kappa shape index (κ2) is 7.51. The summed E-state index contributed by atoms with van der Waals surface area (Å²) in [5.74, 6) is -3.01. The van der Waals surface area contributed by atoms with Gasteiger partial charge in [-0.1, -0.05) is 11.6 Å². The first-order valence-electron chi connectivity index (χ1n) is 6.97. The van der Waals surface area contributed by atoms with Crippen LogP contribution in [0.25, 0.3) is 0 Å². The van der Waals surface area contributed by atoms with Crippen LogP contribution in [0.2, 0.25) is 5.02 Å². The van der Waals surface area contributed by atoms with E-state index in [9.17, 15) is 18.0 Å². The Hall–Kier alpha value is -2.01. The highest BCUT2D eigenvalue weighted by molar-refractivity contribution is 6.30. The fourth-order valence-electron chi connectivity index (χ4n) is 1.99. The largest absolute Gasteiger partial charge is 0.485 e. The van der Waals surface area contributed by atoms with Gasteiger partial charge in [0.1, 0.15) is 5.82 Å². The van der Waals surface area contributed by atoms with Crippen molar-refractivity contribution in [2.45, 2.75) is 25.9 Å². The van der Waals surface area contributed by atoms with E-state index < -0.39 is 29.3 Å². The van der Waals surface area contributed by atoms with Gasteiger partial charge in [0.25, 0.3) is 0 Å². The fourth-order valence-corrected chi connectivity index (χ4v) is 2.14. The topological polar surface area (TPSA) is 26.3 Å². The Bertz CT molecular complexity index is 702. The summed E-state index contributed by atoms with van der Waals surface area (Å²) in [7, 11) is 0. The molecule has 0 aromatic heterocycles. The summed E-state index contributed by atoms with van der Waals surface area (Å²) in [5.41, 5.74) is 0.374. The summed E-state index contributed by atoms with van der Waals surface area (Å²) >= 11 is 5.58. The Morgan fingerprint density at radius 3 is 2.43 bits per heavy atom. The summed E-state index contributed by atoms with van der Waals surface area (Å²) in [5, 5.41) is -0.240. The van der Waals surface area contributed by atoms with Gasteiger partial charge in [-0.15, -0.1) is 0 Å². The van der Waals surface area contributed by atoms with Gasteiger partial charge in [0.05, 0.1) is 11.1 Å². The molecule has 0 aliphatic rings. The van der Waals surface area contributed by atoms with E-state index in [2.05, 4.69) is 0 Å². The van der Waals surface area contributed by atoms with Crippen LogP contribution in [-0.4, -0.2) is 11.9 Å². The number of ether oxygens (including phenoxy) is 1. The van der Waals surface area contributed by atoms with E-state index >= 15 is 0 Å². The number of rotatable bonds is 6. The number of halogens is 4. The quantitative estimate of drug-likeness (QED) is 0.533. The zero-order chi connectivity index (χ0) is 17.0. The molecule has 0 spiro atoms. The molecule has 2 aromatic carbocycles. The highest BCUT2D eigenvalue weighted by atomic mass is 35.5. The average molecular weight is 343 g/mol. The predicted octanol–water partition coefficient (Wildman–Crippen LogP) is 5.19. The van der Waals surface area contributed by atoms with Crippen molar-refractivity contribution >= 4 is 17.4 Å². The molecule has 0 aliphatic heterocycles. The van der Waals surface area contributed by atoms with E-state index in [4.69, 9.17) is 16.3 Å². The predicted molar refractivity (Wildman–Crippen MR) is 81.4 cm³/mol.